The molecule has 2 heterocycles. The number of aromatic nitrogens is 1. The van der Waals surface area contributed by atoms with Crippen LogP contribution in [0.4, 0.5) is 4.39 Å². The smallest absolute Gasteiger partial charge is 0.256 e. The molecule has 0 atom stereocenters. The van der Waals surface area contributed by atoms with Crippen molar-refractivity contribution in [3.05, 3.63) is 89.9 Å². The number of halogens is 1. The van der Waals surface area contributed by atoms with Gasteiger partial charge in [0.2, 0.25) is 0 Å². The fourth-order valence-electron chi connectivity index (χ4n) is 6.02. The topological polar surface area (TPSA) is 61.4 Å². The molecule has 6 heteroatoms. The van der Waals surface area contributed by atoms with Gasteiger partial charge in [0.15, 0.2) is 0 Å². The highest BCUT2D eigenvalue weighted by Crippen LogP contribution is 2.40. The molecule has 0 bridgehead atoms. The van der Waals surface area contributed by atoms with Gasteiger partial charge in [-0.3, -0.25) is 14.7 Å². The molecule has 1 aliphatic carbocycles. The molecular formula is C33H31FN4O. The van der Waals surface area contributed by atoms with Crippen LogP contribution in [0.1, 0.15) is 63.0 Å². The summed E-state index contributed by atoms with van der Waals surface area (Å²) in [6.07, 6.45) is 8.67. The Hall–Kier alpha value is -4.24. The van der Waals surface area contributed by atoms with E-state index in [1.54, 1.807) is 6.07 Å². The zero-order chi connectivity index (χ0) is 27.0. The maximum Gasteiger partial charge on any atom is 0.256 e. The fourth-order valence-corrected chi connectivity index (χ4v) is 6.02. The second kappa shape index (κ2) is 10.1. The third kappa shape index (κ3) is 4.52. The highest BCUT2D eigenvalue weighted by atomic mass is 19.1. The lowest BCUT2D eigenvalue weighted by molar-refractivity contribution is -0.131. The Kier molecular flexibility index (Phi) is 6.52. The lowest BCUT2D eigenvalue weighted by atomic mass is 9.97. The van der Waals surface area contributed by atoms with Crippen LogP contribution in [0.25, 0.3) is 27.7 Å². The number of fused-ring (bicyclic) bond motifs is 1. The largest absolute Gasteiger partial charge is 0.316 e. The van der Waals surface area contributed by atoms with E-state index in [0.717, 1.165) is 84.1 Å². The number of nitriles is 1. The Balaban J connectivity index is 1.29. The second-order valence-electron chi connectivity index (χ2n) is 10.7. The maximum absolute atomic E-state index is 14.0. The van der Waals surface area contributed by atoms with Gasteiger partial charge in [0, 0.05) is 29.3 Å². The molecule has 1 aromatic heterocycles. The molecule has 0 unspecified atom stereocenters. The standard InChI is InChI=1S/C33H31FN4O/c1-2-3-6-31-36-33(16-4-5-17-33)32(39)38(31)22-23-7-9-24(10-8-23)29-20-28(14-12-26(29)21-35)37-18-15-25-11-13-27(34)19-30(25)37/h7-15,18-20H,2-6,16-17,22H2,1H3. The van der Waals surface area contributed by atoms with Gasteiger partial charge in [-0.15, -0.1) is 0 Å². The van der Waals surface area contributed by atoms with Crippen LogP contribution in [0.5, 0.6) is 0 Å². The molecule has 1 aliphatic heterocycles. The molecule has 6 rings (SSSR count). The molecule has 1 fully saturated rings. The summed E-state index contributed by atoms with van der Waals surface area (Å²) in [5.74, 6) is 0.804. The molecular weight excluding hydrogens is 487 g/mol. The van der Waals surface area contributed by atoms with Gasteiger partial charge in [0.05, 0.1) is 23.7 Å². The lowest BCUT2D eigenvalue weighted by Gasteiger charge is -2.23. The Morgan fingerprint density at radius 3 is 2.56 bits per heavy atom. The predicted molar refractivity (Wildman–Crippen MR) is 152 cm³/mol. The number of hydrogen-bond donors (Lipinski definition) is 0. The van der Waals surface area contributed by atoms with Gasteiger partial charge in [0.25, 0.3) is 5.91 Å². The van der Waals surface area contributed by atoms with Crippen molar-refractivity contribution in [2.45, 2.75) is 64.0 Å². The first-order valence-electron chi connectivity index (χ1n) is 13.8. The van der Waals surface area contributed by atoms with Crippen molar-refractivity contribution in [2.75, 3.05) is 0 Å². The zero-order valence-corrected chi connectivity index (χ0v) is 22.2. The molecule has 1 spiro atoms. The second-order valence-corrected chi connectivity index (χ2v) is 10.7. The Bertz CT molecular complexity index is 1620. The van der Waals surface area contributed by atoms with Crippen molar-refractivity contribution >= 4 is 22.6 Å². The van der Waals surface area contributed by atoms with Crippen molar-refractivity contribution in [1.29, 1.82) is 5.26 Å². The summed E-state index contributed by atoms with van der Waals surface area (Å²) >= 11 is 0. The number of carbonyl (C=O) groups excluding carboxylic acids is 1. The number of amides is 1. The molecule has 3 aromatic carbocycles. The Morgan fingerprint density at radius 2 is 1.82 bits per heavy atom. The van der Waals surface area contributed by atoms with E-state index in [1.807, 2.05) is 64.2 Å². The number of unbranched alkanes of at least 4 members (excludes halogenated alkanes) is 1. The summed E-state index contributed by atoms with van der Waals surface area (Å²) in [4.78, 5) is 20.4. The van der Waals surface area contributed by atoms with Crippen LogP contribution >= 0.6 is 0 Å². The van der Waals surface area contributed by atoms with Crippen molar-refractivity contribution in [1.82, 2.24) is 9.47 Å². The maximum atomic E-state index is 14.0. The van der Waals surface area contributed by atoms with Crippen LogP contribution in [0.2, 0.25) is 0 Å². The first kappa shape index (κ1) is 25.1. The van der Waals surface area contributed by atoms with Crippen LogP contribution < -0.4 is 0 Å². The molecule has 2 aliphatic rings. The average Bonchev–Trinajstić information content (AvgIpc) is 3.67. The monoisotopic (exact) mass is 518 g/mol. The van der Waals surface area contributed by atoms with E-state index in [1.165, 1.54) is 12.1 Å². The Morgan fingerprint density at radius 1 is 1.03 bits per heavy atom. The van der Waals surface area contributed by atoms with E-state index >= 15 is 0 Å². The molecule has 1 saturated carbocycles. The number of benzene rings is 3. The van der Waals surface area contributed by atoms with Crippen LogP contribution in [0.15, 0.2) is 77.9 Å². The molecule has 1 amide bonds. The molecule has 0 N–H and O–H groups in total. The minimum Gasteiger partial charge on any atom is -0.316 e. The quantitative estimate of drug-likeness (QED) is 0.254. The summed E-state index contributed by atoms with van der Waals surface area (Å²) in [7, 11) is 0. The van der Waals surface area contributed by atoms with Crippen LogP contribution in [-0.2, 0) is 11.3 Å². The van der Waals surface area contributed by atoms with E-state index in [4.69, 9.17) is 4.99 Å². The highest BCUT2D eigenvalue weighted by molar-refractivity contribution is 6.08. The molecule has 4 aromatic rings. The van der Waals surface area contributed by atoms with Crippen molar-refractivity contribution in [3.8, 4) is 22.9 Å². The summed E-state index contributed by atoms with van der Waals surface area (Å²) in [6, 6.07) is 22.8. The van der Waals surface area contributed by atoms with Crippen LogP contribution in [-0.4, -0.2) is 26.7 Å². The van der Waals surface area contributed by atoms with E-state index in [-0.39, 0.29) is 11.7 Å². The predicted octanol–water partition coefficient (Wildman–Crippen LogP) is 7.55. The van der Waals surface area contributed by atoms with Gasteiger partial charge < -0.3 is 4.57 Å². The summed E-state index contributed by atoms with van der Waals surface area (Å²) in [6.45, 7) is 2.67. The first-order chi connectivity index (χ1) is 19.0. The van der Waals surface area contributed by atoms with Crippen molar-refractivity contribution < 1.29 is 9.18 Å². The van der Waals surface area contributed by atoms with Gasteiger partial charge in [-0.2, -0.15) is 5.26 Å². The van der Waals surface area contributed by atoms with E-state index < -0.39 is 5.54 Å². The van der Waals surface area contributed by atoms with E-state index in [9.17, 15) is 14.4 Å². The normalized spacial score (nSPS) is 16.3. The zero-order valence-electron chi connectivity index (χ0n) is 22.2. The van der Waals surface area contributed by atoms with Gasteiger partial charge in [-0.1, -0.05) is 50.5 Å². The number of nitrogens with zero attached hydrogens (tertiary/aromatic N) is 4. The number of rotatable bonds is 7. The van der Waals surface area contributed by atoms with Crippen LogP contribution in [0, 0.1) is 17.1 Å². The van der Waals surface area contributed by atoms with E-state index in [2.05, 4.69) is 13.0 Å². The third-order valence-corrected chi connectivity index (χ3v) is 8.15. The fraction of sp³-hybridized carbons (Fsp3) is 0.303. The van der Waals surface area contributed by atoms with Gasteiger partial charge in [-0.25, -0.2) is 4.39 Å². The molecule has 196 valence electrons. The summed E-state index contributed by atoms with van der Waals surface area (Å²) in [5, 5.41) is 10.8. The molecule has 0 radical (unpaired) electrons. The summed E-state index contributed by atoms with van der Waals surface area (Å²) < 4.78 is 15.9. The van der Waals surface area contributed by atoms with Gasteiger partial charge in [0.1, 0.15) is 17.2 Å². The molecule has 0 saturated heterocycles. The van der Waals surface area contributed by atoms with Crippen molar-refractivity contribution in [3.63, 3.8) is 0 Å². The molecule has 39 heavy (non-hydrogen) atoms. The minimum atomic E-state index is -0.531. The molecule has 5 nitrogen and oxygen atoms in total. The summed E-state index contributed by atoms with van der Waals surface area (Å²) in [5.41, 5.74) is 4.43. The highest BCUT2D eigenvalue weighted by Gasteiger charge is 2.49. The average molecular weight is 519 g/mol. The minimum absolute atomic E-state index is 0.157. The SMILES string of the molecule is CCCCC1=NC2(CCCC2)C(=O)N1Cc1ccc(-c2cc(-n3ccc4ccc(F)cc43)ccc2C#N)cc1. The van der Waals surface area contributed by atoms with Crippen molar-refractivity contribution in [2.24, 2.45) is 4.99 Å². The van der Waals surface area contributed by atoms with E-state index in [0.29, 0.717) is 12.1 Å². The number of carbonyl (C=O) groups is 1. The third-order valence-electron chi connectivity index (χ3n) is 8.15. The number of amidine groups is 1. The lowest BCUT2D eigenvalue weighted by Crippen LogP contribution is -2.40. The van der Waals surface area contributed by atoms with Gasteiger partial charge >= 0.3 is 0 Å². The number of hydrogen-bond acceptors (Lipinski definition) is 3. The van der Waals surface area contributed by atoms with Crippen LogP contribution in [0.3, 0.4) is 0 Å². The Labute approximate surface area is 228 Å². The number of aliphatic imine (C=N–C) groups is 1. The van der Waals surface area contributed by atoms with Gasteiger partial charge in [-0.05, 0) is 72.9 Å². The first-order valence-corrected chi connectivity index (χ1v) is 13.8.